The quantitative estimate of drug-likeness (QED) is 0.713. The van der Waals surface area contributed by atoms with Crippen molar-refractivity contribution in [2.45, 2.75) is 18.9 Å². The Hall–Kier alpha value is -3.22. The number of likely N-dealkylation sites (tertiary alicyclic amines) is 1. The van der Waals surface area contributed by atoms with Crippen LogP contribution >= 0.6 is 0 Å². The van der Waals surface area contributed by atoms with Crippen molar-refractivity contribution in [3.63, 3.8) is 0 Å². The zero-order valence-corrected chi connectivity index (χ0v) is 15.4. The number of rotatable bonds is 4. The van der Waals surface area contributed by atoms with E-state index in [1.807, 2.05) is 47.4 Å². The van der Waals surface area contributed by atoms with Crippen molar-refractivity contribution in [2.75, 3.05) is 13.7 Å². The molecule has 1 atom stereocenters. The number of carbonyl (C=O) groups is 1. The highest BCUT2D eigenvalue weighted by Gasteiger charge is 2.30. The molecule has 1 saturated heterocycles. The minimum Gasteiger partial charge on any atom is -0.497 e. The van der Waals surface area contributed by atoms with Gasteiger partial charge in [-0.15, -0.1) is 10.2 Å². The highest BCUT2D eigenvalue weighted by molar-refractivity contribution is 5.95. The first-order chi connectivity index (χ1) is 13.2. The van der Waals surface area contributed by atoms with Gasteiger partial charge in [0.15, 0.2) is 0 Å². The van der Waals surface area contributed by atoms with Crippen LogP contribution in [0, 0.1) is 0 Å². The lowest BCUT2D eigenvalue weighted by atomic mass is 10.0. The maximum Gasteiger partial charge on any atom is 0.254 e. The van der Waals surface area contributed by atoms with Gasteiger partial charge >= 0.3 is 0 Å². The maximum absolute atomic E-state index is 13.1. The molecule has 138 valence electrons. The van der Waals surface area contributed by atoms with Gasteiger partial charge in [-0.05, 0) is 47.9 Å². The summed E-state index contributed by atoms with van der Waals surface area (Å²) in [5, 5.41) is 12.0. The smallest absolute Gasteiger partial charge is 0.254 e. The Bertz CT molecular complexity index is 951. The number of ether oxygens (including phenoxy) is 1. The topological polar surface area (TPSA) is 73.1 Å². The van der Waals surface area contributed by atoms with Crippen LogP contribution in [-0.4, -0.2) is 44.7 Å². The van der Waals surface area contributed by atoms with Crippen molar-refractivity contribution in [3.8, 4) is 17.1 Å². The molecular weight excluding hydrogens is 342 g/mol. The van der Waals surface area contributed by atoms with Gasteiger partial charge in [-0.2, -0.15) is 4.80 Å². The molecule has 2 heterocycles. The van der Waals surface area contributed by atoms with Crippen molar-refractivity contribution < 1.29 is 9.53 Å². The monoisotopic (exact) mass is 363 g/mol. The van der Waals surface area contributed by atoms with Crippen molar-refractivity contribution in [1.29, 1.82) is 0 Å². The molecular formula is C20H21N5O2. The Balaban J connectivity index is 1.56. The average Bonchev–Trinajstić information content (AvgIpc) is 3.37. The van der Waals surface area contributed by atoms with Crippen LogP contribution in [-0.2, 0) is 7.05 Å². The normalized spacial score (nSPS) is 16.5. The molecule has 1 amide bonds. The van der Waals surface area contributed by atoms with E-state index < -0.39 is 0 Å². The molecule has 1 fully saturated rings. The Labute approximate surface area is 157 Å². The predicted octanol–water partition coefficient (Wildman–Crippen LogP) is 2.86. The Kier molecular flexibility index (Phi) is 4.58. The van der Waals surface area contributed by atoms with Gasteiger partial charge in [0.2, 0.25) is 5.82 Å². The number of hydrogen-bond acceptors (Lipinski definition) is 5. The molecule has 1 aromatic heterocycles. The molecule has 0 bridgehead atoms. The molecule has 2 aromatic carbocycles. The number of amides is 1. The van der Waals surface area contributed by atoms with E-state index in [4.69, 9.17) is 4.74 Å². The van der Waals surface area contributed by atoms with E-state index in [9.17, 15) is 4.79 Å². The first-order valence-electron chi connectivity index (χ1n) is 8.95. The van der Waals surface area contributed by atoms with Crippen molar-refractivity contribution >= 4 is 5.91 Å². The number of tetrazole rings is 1. The van der Waals surface area contributed by atoms with E-state index in [0.717, 1.165) is 36.3 Å². The highest BCUT2D eigenvalue weighted by atomic mass is 16.5. The number of benzene rings is 2. The van der Waals surface area contributed by atoms with Gasteiger partial charge in [-0.25, -0.2) is 0 Å². The molecule has 0 saturated carbocycles. The Morgan fingerprint density at radius 2 is 2.00 bits per heavy atom. The third kappa shape index (κ3) is 3.40. The lowest BCUT2D eigenvalue weighted by molar-refractivity contribution is 0.0735. The Morgan fingerprint density at radius 3 is 2.70 bits per heavy atom. The largest absolute Gasteiger partial charge is 0.497 e. The lowest BCUT2D eigenvalue weighted by Gasteiger charge is -2.25. The summed E-state index contributed by atoms with van der Waals surface area (Å²) in [4.78, 5) is 16.4. The van der Waals surface area contributed by atoms with E-state index in [2.05, 4.69) is 21.5 Å². The van der Waals surface area contributed by atoms with Crippen LogP contribution in [0.1, 0.15) is 34.8 Å². The number of methoxy groups -OCH3 is 1. The fourth-order valence-corrected chi connectivity index (χ4v) is 3.53. The second-order valence-electron chi connectivity index (χ2n) is 6.61. The van der Waals surface area contributed by atoms with Crippen LogP contribution in [0.2, 0.25) is 0 Å². The van der Waals surface area contributed by atoms with Crippen LogP contribution in [0.3, 0.4) is 0 Å². The number of aryl methyl sites for hydroxylation is 1. The second kappa shape index (κ2) is 7.19. The minimum absolute atomic E-state index is 0.0407. The van der Waals surface area contributed by atoms with Gasteiger partial charge in [0.05, 0.1) is 20.2 Å². The van der Waals surface area contributed by atoms with Crippen LogP contribution < -0.4 is 4.74 Å². The van der Waals surface area contributed by atoms with Crippen molar-refractivity contribution in [3.05, 3.63) is 59.7 Å². The molecule has 1 aliphatic rings. The summed E-state index contributed by atoms with van der Waals surface area (Å²) in [6, 6.07) is 15.4. The summed E-state index contributed by atoms with van der Waals surface area (Å²) < 4.78 is 5.33. The molecule has 0 unspecified atom stereocenters. The number of nitrogens with zero attached hydrogens (tertiary/aromatic N) is 5. The fraction of sp³-hybridized carbons (Fsp3) is 0.300. The summed E-state index contributed by atoms with van der Waals surface area (Å²) in [5.74, 6) is 1.40. The molecule has 0 spiro atoms. The highest BCUT2D eigenvalue weighted by Crippen LogP contribution is 2.34. The molecule has 4 rings (SSSR count). The van der Waals surface area contributed by atoms with Crippen LogP contribution in [0.25, 0.3) is 11.4 Å². The molecule has 0 N–H and O–H groups in total. The third-order valence-electron chi connectivity index (χ3n) is 4.89. The molecule has 1 aliphatic heterocycles. The van der Waals surface area contributed by atoms with E-state index >= 15 is 0 Å². The number of carbonyl (C=O) groups excluding carboxylic acids is 1. The first kappa shape index (κ1) is 17.2. The van der Waals surface area contributed by atoms with E-state index in [0.29, 0.717) is 11.4 Å². The van der Waals surface area contributed by atoms with E-state index in [1.54, 1.807) is 14.2 Å². The average molecular weight is 363 g/mol. The lowest BCUT2D eigenvalue weighted by Crippen LogP contribution is -2.30. The van der Waals surface area contributed by atoms with Gasteiger partial charge in [-0.1, -0.05) is 24.3 Å². The number of aromatic nitrogens is 4. The van der Waals surface area contributed by atoms with Gasteiger partial charge in [0.25, 0.3) is 5.91 Å². The summed E-state index contributed by atoms with van der Waals surface area (Å²) in [7, 11) is 3.38. The molecule has 3 aromatic rings. The standard InChI is InChI=1S/C20H21N5O2/c1-24-22-19(21-23-24)14-8-10-15(11-9-14)20(26)25-12-4-7-18(25)16-5-3-6-17(13-16)27-2/h3,5-6,8-11,13,18H,4,7,12H2,1-2H3/t18-/m0/s1. The molecule has 7 heteroatoms. The van der Waals surface area contributed by atoms with Gasteiger partial charge in [0.1, 0.15) is 5.75 Å². The summed E-state index contributed by atoms with van der Waals surface area (Å²) in [6.07, 6.45) is 1.95. The molecule has 0 radical (unpaired) electrons. The van der Waals surface area contributed by atoms with Crippen molar-refractivity contribution in [1.82, 2.24) is 25.1 Å². The number of hydrogen-bond donors (Lipinski definition) is 0. The van der Waals surface area contributed by atoms with E-state index in [-0.39, 0.29) is 11.9 Å². The fourth-order valence-electron chi connectivity index (χ4n) is 3.53. The van der Waals surface area contributed by atoms with Gasteiger partial charge in [-0.3, -0.25) is 4.79 Å². The summed E-state index contributed by atoms with van der Waals surface area (Å²) in [5.41, 5.74) is 2.61. The Morgan fingerprint density at radius 1 is 1.19 bits per heavy atom. The zero-order valence-electron chi connectivity index (χ0n) is 15.4. The van der Waals surface area contributed by atoms with Crippen LogP contribution in [0.15, 0.2) is 48.5 Å². The van der Waals surface area contributed by atoms with Crippen molar-refractivity contribution in [2.24, 2.45) is 7.05 Å². The van der Waals surface area contributed by atoms with E-state index in [1.165, 1.54) is 4.80 Å². The van der Waals surface area contributed by atoms with Gasteiger partial charge in [0, 0.05) is 17.7 Å². The first-order valence-corrected chi connectivity index (χ1v) is 8.95. The minimum atomic E-state index is 0.0407. The second-order valence-corrected chi connectivity index (χ2v) is 6.61. The van der Waals surface area contributed by atoms with Gasteiger partial charge < -0.3 is 9.64 Å². The molecule has 0 aliphatic carbocycles. The maximum atomic E-state index is 13.1. The summed E-state index contributed by atoms with van der Waals surface area (Å²) >= 11 is 0. The summed E-state index contributed by atoms with van der Waals surface area (Å²) in [6.45, 7) is 0.758. The molecule has 7 nitrogen and oxygen atoms in total. The van der Waals surface area contributed by atoms with Crippen LogP contribution in [0.4, 0.5) is 0 Å². The SMILES string of the molecule is COc1cccc([C@@H]2CCCN2C(=O)c2ccc(-c3nnn(C)n3)cc2)c1. The van der Waals surface area contributed by atoms with Crippen LogP contribution in [0.5, 0.6) is 5.75 Å². The molecule has 27 heavy (non-hydrogen) atoms. The zero-order chi connectivity index (χ0) is 18.8. The predicted molar refractivity (Wildman–Crippen MR) is 100 cm³/mol. The third-order valence-corrected chi connectivity index (χ3v) is 4.89.